The highest BCUT2D eigenvalue weighted by atomic mass is 19.1. The molecule has 0 unspecified atom stereocenters. The van der Waals surface area contributed by atoms with E-state index in [2.05, 4.69) is 35.1 Å². The summed E-state index contributed by atoms with van der Waals surface area (Å²) in [7, 11) is 1.50. The molecule has 0 saturated heterocycles. The van der Waals surface area contributed by atoms with E-state index in [0.29, 0.717) is 50.9 Å². The van der Waals surface area contributed by atoms with Gasteiger partial charge in [0.25, 0.3) is 0 Å². The Labute approximate surface area is 185 Å². The molecule has 9 nitrogen and oxygen atoms in total. The van der Waals surface area contributed by atoms with Crippen LogP contribution in [0.3, 0.4) is 0 Å². The second-order valence-electron chi connectivity index (χ2n) is 7.28. The Hall–Kier alpha value is -4.73. The quantitative estimate of drug-likeness (QED) is 0.424. The molecule has 0 spiro atoms. The summed E-state index contributed by atoms with van der Waals surface area (Å²) < 4.78 is 19.3. The molecule has 1 aromatic carbocycles. The number of nitrogens with zero attached hydrogens (tertiary/aromatic N) is 6. The number of benzene rings is 1. The minimum absolute atomic E-state index is 0.395. The van der Waals surface area contributed by atoms with Gasteiger partial charge in [-0.3, -0.25) is 15.1 Å². The van der Waals surface area contributed by atoms with Crippen LogP contribution >= 0.6 is 0 Å². The summed E-state index contributed by atoms with van der Waals surface area (Å²) >= 11 is 0. The van der Waals surface area contributed by atoms with Gasteiger partial charge in [0.2, 0.25) is 0 Å². The van der Waals surface area contributed by atoms with Crippen molar-refractivity contribution in [2.75, 3.05) is 7.11 Å². The normalized spacial score (nSPS) is 11.3. The molecule has 0 bridgehead atoms. The zero-order chi connectivity index (χ0) is 22.4. The number of halogens is 1. The van der Waals surface area contributed by atoms with Crippen LogP contribution in [0, 0.1) is 5.82 Å². The number of methoxy groups -OCH3 is 1. The minimum Gasteiger partial charge on any atom is -0.497 e. The van der Waals surface area contributed by atoms with Crippen molar-refractivity contribution in [3.63, 3.8) is 0 Å². The molecular formula is C23H15FN8O. The van der Waals surface area contributed by atoms with Gasteiger partial charge < -0.3 is 9.72 Å². The van der Waals surface area contributed by atoms with Gasteiger partial charge in [0.05, 0.1) is 30.0 Å². The fourth-order valence-corrected chi connectivity index (χ4v) is 3.74. The average molecular weight is 438 g/mol. The van der Waals surface area contributed by atoms with Crippen LogP contribution in [-0.2, 0) is 0 Å². The van der Waals surface area contributed by atoms with Gasteiger partial charge in [-0.2, -0.15) is 5.10 Å². The highest BCUT2D eigenvalue weighted by Crippen LogP contribution is 2.32. The molecule has 0 fully saturated rings. The second-order valence-corrected chi connectivity index (χ2v) is 7.28. The minimum atomic E-state index is -0.395. The van der Waals surface area contributed by atoms with Gasteiger partial charge in [0.1, 0.15) is 22.8 Å². The number of nitrogens with one attached hydrogen (secondary N) is 2. The number of rotatable bonds is 4. The molecule has 0 aliphatic carbocycles. The van der Waals surface area contributed by atoms with Gasteiger partial charge >= 0.3 is 0 Å². The second kappa shape index (κ2) is 7.45. The SMILES string of the molecule is COc1cc(F)cc(-c2ccnc3nc(-c4n[nH]c5ccc(-c6cnccn6)nc45)[nH]c23)c1. The van der Waals surface area contributed by atoms with Gasteiger partial charge in [-0.25, -0.2) is 19.3 Å². The van der Waals surface area contributed by atoms with Crippen molar-refractivity contribution in [1.82, 2.24) is 40.1 Å². The lowest BCUT2D eigenvalue weighted by Crippen LogP contribution is -1.89. The number of ether oxygens (including phenoxy) is 1. The lowest BCUT2D eigenvalue weighted by Gasteiger charge is -2.06. The number of pyridine rings is 2. The molecule has 10 heteroatoms. The molecule has 2 N–H and O–H groups in total. The van der Waals surface area contributed by atoms with Crippen LogP contribution in [0.5, 0.6) is 5.75 Å². The van der Waals surface area contributed by atoms with E-state index < -0.39 is 5.82 Å². The van der Waals surface area contributed by atoms with Crippen molar-refractivity contribution >= 4 is 22.2 Å². The first-order valence-corrected chi connectivity index (χ1v) is 10.0. The molecule has 6 aromatic rings. The van der Waals surface area contributed by atoms with Crippen molar-refractivity contribution in [3.05, 3.63) is 67.0 Å². The van der Waals surface area contributed by atoms with Crippen molar-refractivity contribution in [1.29, 1.82) is 0 Å². The van der Waals surface area contributed by atoms with Crippen LogP contribution in [0.1, 0.15) is 0 Å². The number of hydrogen-bond donors (Lipinski definition) is 2. The largest absolute Gasteiger partial charge is 0.497 e. The maximum absolute atomic E-state index is 14.1. The summed E-state index contributed by atoms with van der Waals surface area (Å²) in [5.74, 6) is 0.519. The molecule has 0 aliphatic rings. The van der Waals surface area contributed by atoms with Crippen LogP contribution in [-0.4, -0.2) is 47.2 Å². The maximum atomic E-state index is 14.1. The van der Waals surface area contributed by atoms with Gasteiger partial charge in [-0.1, -0.05) is 0 Å². The van der Waals surface area contributed by atoms with Gasteiger partial charge in [0.15, 0.2) is 17.2 Å². The third-order valence-corrected chi connectivity index (χ3v) is 5.27. The summed E-state index contributed by atoms with van der Waals surface area (Å²) in [6.07, 6.45) is 6.51. The Balaban J connectivity index is 1.50. The smallest absolute Gasteiger partial charge is 0.178 e. The molecule has 6 rings (SSSR count). The first kappa shape index (κ1) is 19.0. The predicted octanol–water partition coefficient (Wildman–Crippen LogP) is 4.17. The van der Waals surface area contributed by atoms with Gasteiger partial charge in [-0.05, 0) is 35.9 Å². The van der Waals surface area contributed by atoms with E-state index in [-0.39, 0.29) is 0 Å². The molecule has 0 radical (unpaired) electrons. The topological polar surface area (TPSA) is 118 Å². The maximum Gasteiger partial charge on any atom is 0.178 e. The predicted molar refractivity (Wildman–Crippen MR) is 120 cm³/mol. The molecule has 160 valence electrons. The summed E-state index contributed by atoms with van der Waals surface area (Å²) in [5.41, 5.74) is 5.76. The highest BCUT2D eigenvalue weighted by molar-refractivity contribution is 5.95. The Morgan fingerprint density at radius 1 is 0.939 bits per heavy atom. The first-order chi connectivity index (χ1) is 16.2. The summed E-state index contributed by atoms with van der Waals surface area (Å²) in [4.78, 5) is 25.4. The van der Waals surface area contributed by atoms with Gasteiger partial charge in [0, 0.05) is 30.2 Å². The Morgan fingerprint density at radius 3 is 2.73 bits per heavy atom. The molecule has 5 aromatic heterocycles. The van der Waals surface area contributed by atoms with Crippen LogP contribution in [0.4, 0.5) is 4.39 Å². The van der Waals surface area contributed by atoms with Gasteiger partial charge in [-0.15, -0.1) is 0 Å². The Bertz CT molecular complexity index is 1630. The van der Waals surface area contributed by atoms with E-state index in [1.807, 2.05) is 12.1 Å². The van der Waals surface area contributed by atoms with Crippen molar-refractivity contribution in [2.45, 2.75) is 0 Å². The number of aromatic amines is 2. The van der Waals surface area contributed by atoms with E-state index in [9.17, 15) is 4.39 Å². The summed E-state index contributed by atoms with van der Waals surface area (Å²) in [5, 5.41) is 7.40. The standard InChI is InChI=1S/C23H15FN8O/c1-33-14-9-12(8-13(24)10-14)15-4-5-27-22-19(15)29-23(30-22)21-20-17(31-32-21)3-2-16(28-20)18-11-25-6-7-26-18/h2-11H,1H3,(H,31,32)(H,27,29,30). The molecule has 5 heterocycles. The lowest BCUT2D eigenvalue weighted by atomic mass is 10.1. The van der Waals surface area contributed by atoms with Crippen LogP contribution < -0.4 is 4.74 Å². The molecule has 0 saturated carbocycles. The third kappa shape index (κ3) is 3.24. The summed E-state index contributed by atoms with van der Waals surface area (Å²) in [6, 6.07) is 10.1. The monoisotopic (exact) mass is 438 g/mol. The molecule has 33 heavy (non-hydrogen) atoms. The van der Waals surface area contributed by atoms with E-state index in [1.165, 1.54) is 19.2 Å². The fourth-order valence-electron chi connectivity index (χ4n) is 3.74. The van der Waals surface area contributed by atoms with Crippen molar-refractivity contribution in [3.8, 4) is 39.8 Å². The van der Waals surface area contributed by atoms with E-state index in [4.69, 9.17) is 9.72 Å². The number of imidazole rings is 1. The number of hydrogen-bond acceptors (Lipinski definition) is 7. The molecule has 0 amide bonds. The first-order valence-electron chi connectivity index (χ1n) is 10.0. The average Bonchev–Trinajstić information content (AvgIpc) is 3.47. The van der Waals surface area contributed by atoms with Crippen molar-refractivity contribution < 1.29 is 9.13 Å². The highest BCUT2D eigenvalue weighted by Gasteiger charge is 2.18. The molecular weight excluding hydrogens is 423 g/mol. The van der Waals surface area contributed by atoms with Crippen LogP contribution in [0.2, 0.25) is 0 Å². The number of aromatic nitrogens is 8. The van der Waals surface area contributed by atoms with Crippen LogP contribution in [0.25, 0.3) is 56.2 Å². The van der Waals surface area contributed by atoms with Crippen LogP contribution in [0.15, 0.2) is 61.2 Å². The third-order valence-electron chi connectivity index (χ3n) is 5.27. The molecule has 0 aliphatic heterocycles. The lowest BCUT2D eigenvalue weighted by molar-refractivity contribution is 0.411. The van der Waals surface area contributed by atoms with E-state index >= 15 is 0 Å². The Kier molecular flexibility index (Phi) is 4.29. The van der Waals surface area contributed by atoms with E-state index in [1.54, 1.807) is 36.9 Å². The molecule has 0 atom stereocenters. The number of fused-ring (bicyclic) bond motifs is 2. The zero-order valence-corrected chi connectivity index (χ0v) is 17.2. The Morgan fingerprint density at radius 2 is 1.88 bits per heavy atom. The summed E-state index contributed by atoms with van der Waals surface area (Å²) in [6.45, 7) is 0. The van der Waals surface area contributed by atoms with E-state index in [0.717, 1.165) is 11.1 Å². The fraction of sp³-hybridized carbons (Fsp3) is 0.0435. The van der Waals surface area contributed by atoms with Crippen molar-refractivity contribution in [2.24, 2.45) is 0 Å². The number of H-pyrrole nitrogens is 2. The zero-order valence-electron chi connectivity index (χ0n) is 17.2.